The van der Waals surface area contributed by atoms with Gasteiger partial charge in [-0.1, -0.05) is 6.07 Å². The van der Waals surface area contributed by atoms with E-state index in [0.717, 1.165) is 22.6 Å². The number of aromatic nitrogens is 2. The van der Waals surface area contributed by atoms with E-state index in [4.69, 9.17) is 0 Å². The first-order chi connectivity index (χ1) is 8.58. The van der Waals surface area contributed by atoms with Crippen LogP contribution < -0.4 is 5.32 Å². The number of nitrogens with one attached hydrogen (secondary N) is 2. The molecule has 1 aromatic carbocycles. The molecule has 0 unspecified atom stereocenters. The molecule has 0 saturated heterocycles. The lowest BCUT2D eigenvalue weighted by atomic mass is 10.2. The van der Waals surface area contributed by atoms with Crippen LogP contribution in [0.1, 0.15) is 17.0 Å². The molecule has 0 bridgehead atoms. The second kappa shape index (κ2) is 4.87. The number of non-ortho nitro benzene ring substituents is 1. The summed E-state index contributed by atoms with van der Waals surface area (Å²) in [6.45, 7) is 4.47. The van der Waals surface area contributed by atoms with Crippen LogP contribution in [0, 0.1) is 24.0 Å². The first kappa shape index (κ1) is 12.1. The number of nitro groups is 1. The van der Waals surface area contributed by atoms with Gasteiger partial charge in [0.1, 0.15) is 0 Å². The molecule has 0 atom stereocenters. The third-order valence-electron chi connectivity index (χ3n) is 2.81. The third kappa shape index (κ3) is 2.48. The van der Waals surface area contributed by atoms with Crippen molar-refractivity contribution in [2.45, 2.75) is 20.4 Å². The molecular weight excluding hydrogens is 232 g/mol. The molecule has 2 N–H and O–H groups in total. The Morgan fingerprint density at radius 2 is 2.22 bits per heavy atom. The molecule has 6 heteroatoms. The molecule has 0 radical (unpaired) electrons. The molecule has 0 aliphatic carbocycles. The zero-order valence-electron chi connectivity index (χ0n) is 10.2. The van der Waals surface area contributed by atoms with Gasteiger partial charge in [-0.15, -0.1) is 0 Å². The summed E-state index contributed by atoms with van der Waals surface area (Å²) in [5.74, 6) is 0. The first-order valence-corrected chi connectivity index (χ1v) is 5.56. The largest absolute Gasteiger partial charge is 0.381 e. The summed E-state index contributed by atoms with van der Waals surface area (Å²) in [7, 11) is 0. The van der Waals surface area contributed by atoms with Gasteiger partial charge in [0.25, 0.3) is 5.69 Å². The maximum absolute atomic E-state index is 10.7. The Hall–Kier alpha value is -2.37. The monoisotopic (exact) mass is 246 g/mol. The van der Waals surface area contributed by atoms with Crippen molar-refractivity contribution in [2.75, 3.05) is 5.32 Å². The Balaban J connectivity index is 2.11. The summed E-state index contributed by atoms with van der Waals surface area (Å²) in [5.41, 5.74) is 3.84. The van der Waals surface area contributed by atoms with Gasteiger partial charge in [0.05, 0.1) is 10.6 Å². The number of rotatable bonds is 4. The summed E-state index contributed by atoms with van der Waals surface area (Å²) in [6.07, 6.45) is 0. The molecular formula is C12H14N4O2. The van der Waals surface area contributed by atoms with Gasteiger partial charge in [0.15, 0.2) is 0 Å². The summed E-state index contributed by atoms with van der Waals surface area (Å²) in [5, 5.41) is 20.8. The molecule has 1 heterocycles. The second-order valence-electron chi connectivity index (χ2n) is 4.07. The number of aromatic amines is 1. The number of H-pyrrole nitrogens is 1. The number of aryl methyl sites for hydroxylation is 2. The molecule has 0 aliphatic heterocycles. The fourth-order valence-corrected chi connectivity index (χ4v) is 1.75. The van der Waals surface area contributed by atoms with Crippen LogP contribution in [-0.2, 0) is 6.54 Å². The van der Waals surface area contributed by atoms with Crippen molar-refractivity contribution in [3.05, 3.63) is 51.3 Å². The van der Waals surface area contributed by atoms with Gasteiger partial charge in [-0.3, -0.25) is 15.2 Å². The normalized spacial score (nSPS) is 10.3. The Kier molecular flexibility index (Phi) is 3.27. The highest BCUT2D eigenvalue weighted by molar-refractivity contribution is 5.51. The van der Waals surface area contributed by atoms with Crippen LogP contribution >= 0.6 is 0 Å². The van der Waals surface area contributed by atoms with Gasteiger partial charge < -0.3 is 5.32 Å². The standard InChI is InChI=1S/C12H14N4O2/c1-8-12(9(2)15-14-8)7-13-10-4-3-5-11(6-10)16(17)18/h3-6,13H,7H2,1-2H3,(H,14,15). The predicted molar refractivity (Wildman–Crippen MR) is 68.5 cm³/mol. The third-order valence-corrected chi connectivity index (χ3v) is 2.81. The van der Waals surface area contributed by atoms with Crippen LogP contribution in [-0.4, -0.2) is 15.1 Å². The maximum atomic E-state index is 10.7. The highest BCUT2D eigenvalue weighted by Crippen LogP contribution is 2.18. The molecule has 2 aromatic rings. The van der Waals surface area contributed by atoms with E-state index in [0.29, 0.717) is 6.54 Å². The van der Waals surface area contributed by atoms with E-state index in [1.165, 1.54) is 12.1 Å². The van der Waals surface area contributed by atoms with E-state index >= 15 is 0 Å². The zero-order valence-corrected chi connectivity index (χ0v) is 10.2. The first-order valence-electron chi connectivity index (χ1n) is 5.56. The lowest BCUT2D eigenvalue weighted by molar-refractivity contribution is -0.384. The molecule has 0 fully saturated rings. The fourth-order valence-electron chi connectivity index (χ4n) is 1.75. The van der Waals surface area contributed by atoms with Crippen molar-refractivity contribution in [1.82, 2.24) is 10.2 Å². The van der Waals surface area contributed by atoms with Gasteiger partial charge in [-0.25, -0.2) is 0 Å². The quantitative estimate of drug-likeness (QED) is 0.641. The van der Waals surface area contributed by atoms with Crippen molar-refractivity contribution in [1.29, 1.82) is 0 Å². The van der Waals surface area contributed by atoms with E-state index in [-0.39, 0.29) is 5.69 Å². The molecule has 0 aliphatic rings. The number of nitro benzene ring substituents is 1. The van der Waals surface area contributed by atoms with Gasteiger partial charge in [-0.05, 0) is 19.9 Å². The summed E-state index contributed by atoms with van der Waals surface area (Å²) >= 11 is 0. The average molecular weight is 246 g/mol. The molecule has 6 nitrogen and oxygen atoms in total. The number of hydrogen-bond acceptors (Lipinski definition) is 4. The van der Waals surface area contributed by atoms with Crippen molar-refractivity contribution >= 4 is 11.4 Å². The van der Waals surface area contributed by atoms with Crippen LogP contribution in [0.3, 0.4) is 0 Å². The number of hydrogen-bond donors (Lipinski definition) is 2. The molecule has 2 rings (SSSR count). The second-order valence-corrected chi connectivity index (χ2v) is 4.07. The van der Waals surface area contributed by atoms with Crippen LogP contribution in [0.2, 0.25) is 0 Å². The van der Waals surface area contributed by atoms with Crippen LogP contribution in [0.25, 0.3) is 0 Å². The highest BCUT2D eigenvalue weighted by atomic mass is 16.6. The average Bonchev–Trinajstić information content (AvgIpc) is 2.67. The number of anilines is 1. The van der Waals surface area contributed by atoms with Gasteiger partial charge in [0, 0.05) is 35.6 Å². The minimum atomic E-state index is -0.403. The van der Waals surface area contributed by atoms with E-state index in [1.54, 1.807) is 12.1 Å². The lowest BCUT2D eigenvalue weighted by Gasteiger charge is -2.06. The zero-order chi connectivity index (χ0) is 13.1. The molecule has 0 saturated carbocycles. The highest BCUT2D eigenvalue weighted by Gasteiger charge is 2.08. The van der Waals surface area contributed by atoms with Gasteiger partial charge >= 0.3 is 0 Å². The maximum Gasteiger partial charge on any atom is 0.271 e. The smallest absolute Gasteiger partial charge is 0.271 e. The predicted octanol–water partition coefficient (Wildman–Crippen LogP) is 2.55. The summed E-state index contributed by atoms with van der Waals surface area (Å²) in [4.78, 5) is 10.3. The minimum Gasteiger partial charge on any atom is -0.381 e. The van der Waals surface area contributed by atoms with Crippen LogP contribution in [0.4, 0.5) is 11.4 Å². The fraction of sp³-hybridized carbons (Fsp3) is 0.250. The molecule has 18 heavy (non-hydrogen) atoms. The van der Waals surface area contributed by atoms with E-state index < -0.39 is 4.92 Å². The Morgan fingerprint density at radius 1 is 1.44 bits per heavy atom. The van der Waals surface area contributed by atoms with Gasteiger partial charge in [0.2, 0.25) is 0 Å². The van der Waals surface area contributed by atoms with Crippen LogP contribution in [0.15, 0.2) is 24.3 Å². The Bertz CT molecular complexity index is 558. The van der Waals surface area contributed by atoms with Gasteiger partial charge in [-0.2, -0.15) is 5.10 Å². The molecule has 0 amide bonds. The van der Waals surface area contributed by atoms with Crippen molar-refractivity contribution < 1.29 is 4.92 Å². The van der Waals surface area contributed by atoms with E-state index in [9.17, 15) is 10.1 Å². The summed E-state index contributed by atoms with van der Waals surface area (Å²) in [6, 6.07) is 6.46. The minimum absolute atomic E-state index is 0.0839. The Morgan fingerprint density at radius 3 is 2.83 bits per heavy atom. The molecule has 94 valence electrons. The number of benzene rings is 1. The molecule has 0 spiro atoms. The topological polar surface area (TPSA) is 83.8 Å². The van der Waals surface area contributed by atoms with E-state index in [1.807, 2.05) is 13.8 Å². The number of nitrogens with zero attached hydrogens (tertiary/aromatic N) is 2. The van der Waals surface area contributed by atoms with Crippen molar-refractivity contribution in [3.63, 3.8) is 0 Å². The van der Waals surface area contributed by atoms with Crippen molar-refractivity contribution in [2.24, 2.45) is 0 Å². The summed E-state index contributed by atoms with van der Waals surface area (Å²) < 4.78 is 0. The van der Waals surface area contributed by atoms with Crippen molar-refractivity contribution in [3.8, 4) is 0 Å². The van der Waals surface area contributed by atoms with E-state index in [2.05, 4.69) is 15.5 Å². The van der Waals surface area contributed by atoms with Crippen LogP contribution in [0.5, 0.6) is 0 Å². The SMILES string of the molecule is Cc1n[nH]c(C)c1CNc1cccc([N+](=O)[O-])c1. The Labute approximate surface area is 104 Å². The lowest BCUT2D eigenvalue weighted by Crippen LogP contribution is -2.01. The molecule has 1 aromatic heterocycles.